The molecule has 2 N–H and O–H groups in total. The maximum atomic E-state index is 14.8. The van der Waals surface area contributed by atoms with E-state index in [0.717, 1.165) is 32.1 Å². The zero-order valence-electron chi connectivity index (χ0n) is 29.8. The summed E-state index contributed by atoms with van der Waals surface area (Å²) in [6.45, 7) is 3.78. The molecule has 7 rings (SSSR count). The number of nitrogens with one attached hydrogen (secondary N) is 2. The number of amides is 3. The van der Waals surface area contributed by atoms with E-state index in [4.69, 9.17) is 25.8 Å². The number of ether oxygens (including phenoxy) is 3. The number of fused-ring (bicyclic) bond motifs is 1. The minimum atomic E-state index is -3.90. The van der Waals surface area contributed by atoms with E-state index >= 15 is 0 Å². The van der Waals surface area contributed by atoms with Crippen LogP contribution in [0.5, 0.6) is 17.4 Å². The van der Waals surface area contributed by atoms with Crippen LogP contribution in [-0.4, -0.2) is 78.7 Å². The fraction of sp³-hybridized carbons (Fsp3) is 0.462. The molecule has 0 bridgehead atoms. The third kappa shape index (κ3) is 7.57. The lowest BCUT2D eigenvalue weighted by molar-refractivity contribution is -0.147. The topological polar surface area (TPSA) is 177 Å². The molecule has 5 atom stereocenters. The Balaban J connectivity index is 1.21. The molecule has 2 aromatic carbocycles. The van der Waals surface area contributed by atoms with Crippen LogP contribution in [0.4, 0.5) is 0 Å². The molecule has 3 aromatic rings. The van der Waals surface area contributed by atoms with Crippen molar-refractivity contribution in [2.45, 2.75) is 86.8 Å². The number of aromatic nitrogens is 1. The van der Waals surface area contributed by atoms with Gasteiger partial charge < -0.3 is 24.4 Å². The third-order valence-electron chi connectivity index (χ3n) is 10.9. The predicted octanol–water partition coefficient (Wildman–Crippen LogP) is 4.81. The first-order valence-corrected chi connectivity index (χ1v) is 20.2. The summed E-state index contributed by atoms with van der Waals surface area (Å²) in [6.07, 6.45) is 6.77. The number of likely N-dealkylation sites (tertiary alicyclic amines) is 1. The number of nitriles is 1. The molecule has 2 heterocycles. The van der Waals surface area contributed by atoms with Crippen molar-refractivity contribution in [1.82, 2.24) is 19.9 Å². The molecule has 1 unspecified atom stereocenters. The van der Waals surface area contributed by atoms with Crippen molar-refractivity contribution in [2.24, 2.45) is 11.8 Å². The summed E-state index contributed by atoms with van der Waals surface area (Å²) < 4.78 is 46.1. The van der Waals surface area contributed by atoms with Gasteiger partial charge in [-0.15, -0.1) is 6.58 Å². The Hall–Kier alpha value is -4.87. The van der Waals surface area contributed by atoms with Gasteiger partial charge in [-0.25, -0.2) is 13.4 Å². The highest BCUT2D eigenvalue weighted by Gasteiger charge is 2.62. The van der Waals surface area contributed by atoms with Gasteiger partial charge in [0.1, 0.15) is 29.2 Å². The lowest BCUT2D eigenvalue weighted by atomic mass is 9.84. The standard InChI is InChI=1S/C39H42ClN5O8S/c1-3-25-19-39(25,38(48)44-54(49,50)29-13-14-29)43-35(46)32-18-28(53-36-31-17-26(40)12-15-30(31)33(51-2)21-42-36)22-45(32)37(47)34(24-9-5-4-6-10-24)52-27-11-7-8-23(16-27)20-41/h3,7-8,11-12,15-17,21,24-25,28-29,32,34H,1,4-6,9-10,13-14,18-19,22H2,2H3,(H,43,46)(H,44,48)/t25-,28?,32+,34+,39-/m1/s1. The molecule has 1 aromatic heterocycles. The molecule has 3 aliphatic carbocycles. The highest BCUT2D eigenvalue weighted by Crippen LogP contribution is 2.46. The smallest absolute Gasteiger partial charge is 0.264 e. The second-order valence-electron chi connectivity index (χ2n) is 14.6. The second-order valence-corrected chi connectivity index (χ2v) is 17.0. The van der Waals surface area contributed by atoms with Crippen LogP contribution in [0.15, 0.2) is 61.3 Å². The van der Waals surface area contributed by atoms with E-state index in [-0.39, 0.29) is 31.2 Å². The summed E-state index contributed by atoms with van der Waals surface area (Å²) >= 11 is 6.36. The minimum absolute atomic E-state index is 0.0162. The van der Waals surface area contributed by atoms with Gasteiger partial charge in [-0.2, -0.15) is 5.26 Å². The van der Waals surface area contributed by atoms with Crippen molar-refractivity contribution in [1.29, 1.82) is 5.26 Å². The number of rotatable bonds is 13. The Morgan fingerprint density at radius 2 is 1.89 bits per heavy atom. The number of hydrogen-bond acceptors (Lipinski definition) is 10. The number of carbonyl (C=O) groups excluding carboxylic acids is 3. The molecule has 1 saturated heterocycles. The van der Waals surface area contributed by atoms with Crippen molar-refractivity contribution in [3.8, 4) is 23.4 Å². The van der Waals surface area contributed by atoms with Crippen LogP contribution in [0.25, 0.3) is 10.8 Å². The van der Waals surface area contributed by atoms with Crippen molar-refractivity contribution < 1.29 is 37.0 Å². The van der Waals surface area contributed by atoms with Gasteiger partial charge in [-0.05, 0) is 68.5 Å². The highest BCUT2D eigenvalue weighted by atomic mass is 35.5. The Morgan fingerprint density at radius 3 is 2.57 bits per heavy atom. The molecule has 0 spiro atoms. The maximum Gasteiger partial charge on any atom is 0.264 e. The van der Waals surface area contributed by atoms with Gasteiger partial charge in [0, 0.05) is 34.1 Å². The second kappa shape index (κ2) is 15.1. The van der Waals surface area contributed by atoms with E-state index in [9.17, 15) is 28.1 Å². The van der Waals surface area contributed by atoms with Crippen molar-refractivity contribution >= 4 is 50.1 Å². The Morgan fingerprint density at radius 1 is 1.11 bits per heavy atom. The number of hydrogen-bond donors (Lipinski definition) is 2. The fourth-order valence-electron chi connectivity index (χ4n) is 7.71. The van der Waals surface area contributed by atoms with Crippen LogP contribution >= 0.6 is 11.6 Å². The molecule has 54 heavy (non-hydrogen) atoms. The van der Waals surface area contributed by atoms with Gasteiger partial charge in [0.05, 0.1) is 36.7 Å². The highest BCUT2D eigenvalue weighted by molar-refractivity contribution is 7.91. The lowest BCUT2D eigenvalue weighted by Crippen LogP contribution is -2.58. The average molecular weight is 776 g/mol. The van der Waals surface area contributed by atoms with Crippen LogP contribution in [0, 0.1) is 23.2 Å². The van der Waals surface area contributed by atoms with E-state index in [2.05, 4.69) is 27.7 Å². The largest absolute Gasteiger partial charge is 0.494 e. The van der Waals surface area contributed by atoms with E-state index < -0.39 is 62.7 Å². The molecule has 4 fully saturated rings. The van der Waals surface area contributed by atoms with Crippen molar-refractivity contribution in [2.75, 3.05) is 13.7 Å². The van der Waals surface area contributed by atoms with Crippen molar-refractivity contribution in [3.63, 3.8) is 0 Å². The minimum Gasteiger partial charge on any atom is -0.494 e. The van der Waals surface area contributed by atoms with Crippen LogP contribution in [0.3, 0.4) is 0 Å². The predicted molar refractivity (Wildman–Crippen MR) is 199 cm³/mol. The number of nitrogens with zero attached hydrogens (tertiary/aromatic N) is 3. The maximum absolute atomic E-state index is 14.8. The number of sulfonamides is 1. The summed E-state index contributed by atoms with van der Waals surface area (Å²) in [5, 5.41) is 13.4. The van der Waals surface area contributed by atoms with E-state index in [1.54, 1.807) is 42.5 Å². The normalized spacial score (nSPS) is 24.5. The van der Waals surface area contributed by atoms with E-state index in [1.807, 2.05) is 0 Å². The quantitative estimate of drug-likeness (QED) is 0.229. The monoisotopic (exact) mass is 775 g/mol. The Kier molecular flexibility index (Phi) is 10.5. The molecule has 0 radical (unpaired) electrons. The summed E-state index contributed by atoms with van der Waals surface area (Å²) in [5.41, 5.74) is -1.17. The number of methoxy groups -OCH3 is 1. The van der Waals surface area contributed by atoms with E-state index in [0.29, 0.717) is 45.7 Å². The van der Waals surface area contributed by atoms with Crippen LogP contribution in [-0.2, 0) is 24.4 Å². The molecule has 3 amide bonds. The van der Waals surface area contributed by atoms with Gasteiger partial charge in [0.25, 0.3) is 11.8 Å². The molecular formula is C39H42ClN5O8S. The molecule has 3 saturated carbocycles. The van der Waals surface area contributed by atoms with Gasteiger partial charge in [-0.1, -0.05) is 43.0 Å². The average Bonchev–Trinajstić information content (AvgIpc) is 4.11. The van der Waals surface area contributed by atoms with Gasteiger partial charge in [-0.3, -0.25) is 19.1 Å². The fourth-order valence-corrected chi connectivity index (χ4v) is 9.24. The summed E-state index contributed by atoms with van der Waals surface area (Å²) in [4.78, 5) is 48.7. The molecule has 1 aliphatic heterocycles. The molecule has 4 aliphatic rings. The van der Waals surface area contributed by atoms with Gasteiger partial charge in [0.15, 0.2) is 6.10 Å². The number of halogens is 1. The molecular weight excluding hydrogens is 734 g/mol. The number of carbonyl (C=O) groups is 3. The first kappa shape index (κ1) is 37.4. The van der Waals surface area contributed by atoms with Crippen LogP contribution in [0.1, 0.15) is 63.4 Å². The first-order chi connectivity index (χ1) is 26.0. The third-order valence-corrected chi connectivity index (χ3v) is 13.0. The van der Waals surface area contributed by atoms with Gasteiger partial charge in [0.2, 0.25) is 21.8 Å². The lowest BCUT2D eigenvalue weighted by Gasteiger charge is -2.34. The Bertz CT molecular complexity index is 2130. The molecule has 15 heteroatoms. The van der Waals surface area contributed by atoms with Crippen LogP contribution in [0.2, 0.25) is 5.02 Å². The number of pyridine rings is 1. The SMILES string of the molecule is C=C[C@@H]1C[C@]1(NC(=O)[C@@H]1CC(Oc2ncc(OC)c3ccc(Cl)cc23)CN1C(=O)[C@@H](Oc1cccc(C#N)c1)C1CCCCC1)C(=O)NS(=O)(=O)C1CC1. The zero-order valence-corrected chi connectivity index (χ0v) is 31.4. The summed E-state index contributed by atoms with van der Waals surface area (Å²) in [7, 11) is -2.37. The summed E-state index contributed by atoms with van der Waals surface area (Å²) in [5.74, 6) is -1.48. The number of benzene rings is 2. The first-order valence-electron chi connectivity index (χ1n) is 18.2. The van der Waals surface area contributed by atoms with Crippen molar-refractivity contribution in [3.05, 3.63) is 71.9 Å². The van der Waals surface area contributed by atoms with E-state index in [1.165, 1.54) is 24.3 Å². The molecule has 13 nitrogen and oxygen atoms in total. The van der Waals surface area contributed by atoms with Gasteiger partial charge >= 0.3 is 0 Å². The Labute approximate surface area is 319 Å². The zero-order chi connectivity index (χ0) is 38.2. The molecule has 284 valence electrons. The summed E-state index contributed by atoms with van der Waals surface area (Å²) in [6, 6.07) is 12.8. The van der Waals surface area contributed by atoms with Crippen LogP contribution < -0.4 is 24.2 Å².